The molecule has 0 saturated carbocycles. The highest BCUT2D eigenvalue weighted by molar-refractivity contribution is 5.77. The normalized spacial score (nSPS) is 12.2. The predicted octanol–water partition coefficient (Wildman–Crippen LogP) is 2.26. The molecule has 2 aromatic carbocycles. The molecule has 0 amide bonds. The summed E-state index contributed by atoms with van der Waals surface area (Å²) < 4.78 is 12.9. The van der Waals surface area contributed by atoms with Gasteiger partial charge in [-0.1, -0.05) is 30.3 Å². The molecule has 0 heterocycles. The topological polar surface area (TPSA) is 52.5 Å². The molecule has 2 rings (SSSR count). The third kappa shape index (κ3) is 3.53. The Hall–Kier alpha value is -1.91. The van der Waals surface area contributed by atoms with Gasteiger partial charge in [-0.3, -0.25) is 0 Å². The summed E-state index contributed by atoms with van der Waals surface area (Å²) in [6.07, 6.45) is -0.804. The second kappa shape index (κ2) is 6.31. The summed E-state index contributed by atoms with van der Waals surface area (Å²) in [5, 5.41) is 21.2. The molecule has 4 heteroatoms. The first-order chi connectivity index (χ1) is 9.20. The first-order valence-corrected chi connectivity index (χ1v) is 6.08. The van der Waals surface area contributed by atoms with Crippen molar-refractivity contribution in [2.45, 2.75) is 6.10 Å². The van der Waals surface area contributed by atoms with Crippen molar-refractivity contribution in [1.29, 1.82) is 0 Å². The summed E-state index contributed by atoms with van der Waals surface area (Å²) in [6.45, 7) is -0.0274. The Labute approximate surface area is 111 Å². The van der Waals surface area contributed by atoms with Crippen LogP contribution in [0.4, 0.5) is 10.1 Å². The third-order valence-electron chi connectivity index (χ3n) is 2.82. The monoisotopic (exact) mass is 261 g/mol. The van der Waals surface area contributed by atoms with E-state index in [1.807, 2.05) is 24.3 Å². The van der Waals surface area contributed by atoms with Gasteiger partial charge in [0, 0.05) is 17.8 Å². The highest BCUT2D eigenvalue weighted by atomic mass is 19.1. The Morgan fingerprint density at radius 1 is 1.05 bits per heavy atom. The lowest BCUT2D eigenvalue weighted by atomic mass is 10.0. The van der Waals surface area contributed by atoms with Gasteiger partial charge in [-0.25, -0.2) is 4.39 Å². The van der Waals surface area contributed by atoms with Crippen LogP contribution in [-0.2, 0) is 0 Å². The molecule has 0 radical (unpaired) electrons. The zero-order chi connectivity index (χ0) is 13.7. The Kier molecular flexibility index (Phi) is 4.49. The van der Waals surface area contributed by atoms with Gasteiger partial charge >= 0.3 is 0 Å². The molecule has 0 spiro atoms. The van der Waals surface area contributed by atoms with Gasteiger partial charge in [-0.15, -0.1) is 0 Å². The molecular weight excluding hydrogens is 245 g/mol. The van der Waals surface area contributed by atoms with E-state index in [-0.39, 0.29) is 19.0 Å². The second-order valence-electron chi connectivity index (χ2n) is 4.27. The number of hydrogen-bond acceptors (Lipinski definition) is 3. The minimum absolute atomic E-state index is 0.259. The van der Waals surface area contributed by atoms with E-state index < -0.39 is 6.10 Å². The van der Waals surface area contributed by atoms with Crippen molar-refractivity contribution in [2.75, 3.05) is 18.5 Å². The molecule has 0 saturated heterocycles. The smallest absolute Gasteiger partial charge is 0.123 e. The zero-order valence-corrected chi connectivity index (χ0v) is 10.4. The van der Waals surface area contributed by atoms with E-state index in [1.165, 1.54) is 12.1 Å². The van der Waals surface area contributed by atoms with Crippen molar-refractivity contribution in [3.05, 3.63) is 54.3 Å². The molecule has 2 aromatic rings. The van der Waals surface area contributed by atoms with E-state index in [0.717, 1.165) is 16.8 Å². The number of aliphatic hydroxyl groups excluding tert-OH is 2. The number of hydrogen-bond donors (Lipinski definition) is 3. The maximum atomic E-state index is 12.9. The molecule has 0 aromatic heterocycles. The van der Waals surface area contributed by atoms with E-state index in [2.05, 4.69) is 5.32 Å². The fourth-order valence-corrected chi connectivity index (χ4v) is 1.81. The number of para-hydroxylation sites is 1. The van der Waals surface area contributed by atoms with Crippen LogP contribution in [0.1, 0.15) is 0 Å². The van der Waals surface area contributed by atoms with E-state index in [0.29, 0.717) is 0 Å². The SMILES string of the molecule is OCC(O)CNc1ccccc1-c1ccc(F)cc1. The quantitative estimate of drug-likeness (QED) is 0.774. The van der Waals surface area contributed by atoms with Crippen LogP contribution in [0.15, 0.2) is 48.5 Å². The molecule has 0 fully saturated rings. The molecule has 0 bridgehead atoms. The molecule has 0 aliphatic rings. The van der Waals surface area contributed by atoms with Crippen molar-refractivity contribution in [2.24, 2.45) is 0 Å². The summed E-state index contributed by atoms with van der Waals surface area (Å²) in [4.78, 5) is 0. The maximum Gasteiger partial charge on any atom is 0.123 e. The number of aliphatic hydroxyl groups is 2. The van der Waals surface area contributed by atoms with Crippen molar-refractivity contribution in [3.63, 3.8) is 0 Å². The van der Waals surface area contributed by atoms with Crippen LogP contribution in [0, 0.1) is 5.82 Å². The lowest BCUT2D eigenvalue weighted by molar-refractivity contribution is 0.105. The summed E-state index contributed by atoms with van der Waals surface area (Å²) >= 11 is 0. The van der Waals surface area contributed by atoms with Crippen LogP contribution in [0.25, 0.3) is 11.1 Å². The van der Waals surface area contributed by atoms with E-state index >= 15 is 0 Å². The highest BCUT2D eigenvalue weighted by Crippen LogP contribution is 2.27. The predicted molar refractivity (Wildman–Crippen MR) is 73.4 cm³/mol. The average molecular weight is 261 g/mol. The third-order valence-corrected chi connectivity index (χ3v) is 2.82. The largest absolute Gasteiger partial charge is 0.394 e. The Balaban J connectivity index is 2.23. The Morgan fingerprint density at radius 2 is 1.74 bits per heavy atom. The second-order valence-corrected chi connectivity index (χ2v) is 4.27. The summed E-state index contributed by atoms with van der Waals surface area (Å²) in [5.41, 5.74) is 2.65. The fraction of sp³-hybridized carbons (Fsp3) is 0.200. The van der Waals surface area contributed by atoms with Gasteiger partial charge in [-0.05, 0) is 23.8 Å². The van der Waals surface area contributed by atoms with Crippen LogP contribution in [-0.4, -0.2) is 29.5 Å². The van der Waals surface area contributed by atoms with Gasteiger partial charge in [0.05, 0.1) is 12.7 Å². The van der Waals surface area contributed by atoms with Crippen LogP contribution in [0.2, 0.25) is 0 Å². The van der Waals surface area contributed by atoms with Gasteiger partial charge < -0.3 is 15.5 Å². The lowest BCUT2D eigenvalue weighted by Crippen LogP contribution is -2.23. The van der Waals surface area contributed by atoms with Gasteiger partial charge in [0.25, 0.3) is 0 Å². The summed E-state index contributed by atoms with van der Waals surface area (Å²) in [7, 11) is 0. The molecule has 100 valence electrons. The summed E-state index contributed by atoms with van der Waals surface area (Å²) in [5.74, 6) is -0.273. The summed E-state index contributed by atoms with van der Waals surface area (Å²) in [6, 6.07) is 13.8. The van der Waals surface area contributed by atoms with Gasteiger partial charge in [0.1, 0.15) is 5.82 Å². The standard InChI is InChI=1S/C15H16FNO2/c16-12-7-5-11(6-8-12)14-3-1-2-4-15(14)17-9-13(19)10-18/h1-8,13,17-19H,9-10H2. The molecule has 0 aliphatic carbocycles. The Morgan fingerprint density at radius 3 is 2.42 bits per heavy atom. The van der Waals surface area contributed by atoms with Gasteiger partial charge in [0.2, 0.25) is 0 Å². The lowest BCUT2D eigenvalue weighted by Gasteiger charge is -2.14. The van der Waals surface area contributed by atoms with Crippen molar-refractivity contribution in [1.82, 2.24) is 0 Å². The molecule has 3 N–H and O–H groups in total. The number of nitrogens with one attached hydrogen (secondary N) is 1. The van der Waals surface area contributed by atoms with Crippen molar-refractivity contribution in [3.8, 4) is 11.1 Å². The molecular formula is C15H16FNO2. The first kappa shape index (κ1) is 13.5. The minimum atomic E-state index is -0.804. The Bertz CT molecular complexity index is 528. The molecule has 3 nitrogen and oxygen atoms in total. The molecule has 1 unspecified atom stereocenters. The first-order valence-electron chi connectivity index (χ1n) is 6.08. The van der Waals surface area contributed by atoms with E-state index in [4.69, 9.17) is 5.11 Å². The van der Waals surface area contributed by atoms with Crippen LogP contribution < -0.4 is 5.32 Å². The van der Waals surface area contributed by atoms with Crippen molar-refractivity contribution < 1.29 is 14.6 Å². The maximum absolute atomic E-state index is 12.9. The molecule has 1 atom stereocenters. The van der Waals surface area contributed by atoms with Crippen molar-refractivity contribution >= 4 is 5.69 Å². The average Bonchev–Trinajstić information content (AvgIpc) is 2.46. The van der Waals surface area contributed by atoms with Gasteiger partial charge in [0.15, 0.2) is 0 Å². The molecule has 0 aliphatic heterocycles. The minimum Gasteiger partial charge on any atom is -0.394 e. The van der Waals surface area contributed by atoms with Crippen LogP contribution in [0.3, 0.4) is 0 Å². The number of rotatable bonds is 5. The van der Waals surface area contributed by atoms with Crippen LogP contribution >= 0.6 is 0 Å². The number of benzene rings is 2. The molecule has 19 heavy (non-hydrogen) atoms. The van der Waals surface area contributed by atoms with Crippen LogP contribution in [0.5, 0.6) is 0 Å². The zero-order valence-electron chi connectivity index (χ0n) is 10.4. The van der Waals surface area contributed by atoms with E-state index in [1.54, 1.807) is 12.1 Å². The fourth-order valence-electron chi connectivity index (χ4n) is 1.81. The van der Waals surface area contributed by atoms with Gasteiger partial charge in [-0.2, -0.15) is 0 Å². The number of halogens is 1. The number of anilines is 1. The van der Waals surface area contributed by atoms with E-state index in [9.17, 15) is 9.50 Å². The highest BCUT2D eigenvalue weighted by Gasteiger charge is 2.06.